The van der Waals surface area contributed by atoms with Gasteiger partial charge in [-0.2, -0.15) is 0 Å². The minimum absolute atomic E-state index is 0.00651. The van der Waals surface area contributed by atoms with Crippen LogP contribution < -0.4 is 10.2 Å². The Balaban J connectivity index is 1.20. The zero-order valence-corrected chi connectivity index (χ0v) is 19.0. The Bertz CT molecular complexity index is 1060. The van der Waals surface area contributed by atoms with E-state index in [-0.39, 0.29) is 11.9 Å². The third-order valence-corrected chi connectivity index (χ3v) is 6.48. The third kappa shape index (κ3) is 5.04. The van der Waals surface area contributed by atoms with Crippen molar-refractivity contribution in [1.82, 2.24) is 29.3 Å². The van der Waals surface area contributed by atoms with E-state index >= 15 is 0 Å². The summed E-state index contributed by atoms with van der Waals surface area (Å²) in [5.41, 5.74) is 2.93. The van der Waals surface area contributed by atoms with Gasteiger partial charge in [-0.25, -0.2) is 9.97 Å². The number of carbonyl (C=O) groups excluding carboxylic acids is 1. The van der Waals surface area contributed by atoms with Gasteiger partial charge >= 0.3 is 0 Å². The van der Waals surface area contributed by atoms with Crippen molar-refractivity contribution in [2.75, 3.05) is 56.5 Å². The Morgan fingerprint density at radius 2 is 1.88 bits per heavy atom. The number of hydrogen-bond acceptors (Lipinski definition) is 7. The van der Waals surface area contributed by atoms with Crippen LogP contribution in [-0.4, -0.2) is 81.5 Å². The van der Waals surface area contributed by atoms with Crippen LogP contribution >= 0.6 is 0 Å². The summed E-state index contributed by atoms with van der Waals surface area (Å²) in [5.74, 6) is 0.731. The molecule has 2 aliphatic rings. The molecule has 2 fully saturated rings. The van der Waals surface area contributed by atoms with Crippen LogP contribution in [0.4, 0.5) is 11.4 Å². The highest BCUT2D eigenvalue weighted by Crippen LogP contribution is 2.30. The molecule has 1 amide bonds. The Morgan fingerprint density at radius 1 is 1.06 bits per heavy atom. The normalized spacial score (nSPS) is 19.7. The van der Waals surface area contributed by atoms with Crippen molar-refractivity contribution < 1.29 is 4.79 Å². The van der Waals surface area contributed by atoms with Gasteiger partial charge in [0.2, 0.25) is 5.91 Å². The average Bonchev–Trinajstić information content (AvgIpc) is 3.53. The van der Waals surface area contributed by atoms with E-state index in [0.717, 1.165) is 62.8 Å². The van der Waals surface area contributed by atoms with E-state index in [1.54, 1.807) is 24.9 Å². The van der Waals surface area contributed by atoms with Gasteiger partial charge in [0.15, 0.2) is 5.82 Å². The molecule has 9 heteroatoms. The molecule has 172 valence electrons. The standard InChI is InChI=1S/C24H30N8O/c1-29-11-13-30(14-12-29)20-6-4-19(5-7-20)27-24(33)17-31-9-2-3-22(31)21-15-26-16-23(28-21)32-10-8-25-18-32/h4-8,10,15-16,18,22H,2-3,9,11-14,17H2,1H3,(H,27,33). The molecule has 2 aromatic heterocycles. The molecule has 0 aliphatic carbocycles. The summed E-state index contributed by atoms with van der Waals surface area (Å²) < 4.78 is 1.84. The Hall–Kier alpha value is -3.30. The summed E-state index contributed by atoms with van der Waals surface area (Å²) in [5, 5.41) is 3.06. The second-order valence-corrected chi connectivity index (χ2v) is 8.79. The first kappa shape index (κ1) is 21.5. The summed E-state index contributed by atoms with van der Waals surface area (Å²) >= 11 is 0. The highest BCUT2D eigenvalue weighted by atomic mass is 16.2. The van der Waals surface area contributed by atoms with Crippen LogP contribution in [-0.2, 0) is 4.79 Å². The SMILES string of the molecule is CN1CCN(c2ccc(NC(=O)CN3CCCC3c3cncc(-n4ccnc4)n3)cc2)CC1. The molecular weight excluding hydrogens is 416 g/mol. The second-order valence-electron chi connectivity index (χ2n) is 8.79. The van der Waals surface area contributed by atoms with Crippen LogP contribution in [0, 0.1) is 0 Å². The number of imidazole rings is 1. The number of benzene rings is 1. The lowest BCUT2D eigenvalue weighted by Gasteiger charge is -2.34. The van der Waals surface area contributed by atoms with Gasteiger partial charge in [-0.15, -0.1) is 0 Å². The van der Waals surface area contributed by atoms with Gasteiger partial charge in [0, 0.05) is 49.9 Å². The highest BCUT2D eigenvalue weighted by Gasteiger charge is 2.29. The topological polar surface area (TPSA) is 82.4 Å². The predicted molar refractivity (Wildman–Crippen MR) is 127 cm³/mol. The van der Waals surface area contributed by atoms with Crippen LogP contribution in [0.5, 0.6) is 0 Å². The van der Waals surface area contributed by atoms with Crippen molar-refractivity contribution in [2.24, 2.45) is 0 Å². The predicted octanol–water partition coefficient (Wildman–Crippen LogP) is 2.19. The number of nitrogens with zero attached hydrogens (tertiary/aromatic N) is 7. The average molecular weight is 447 g/mol. The largest absolute Gasteiger partial charge is 0.369 e. The van der Waals surface area contributed by atoms with Crippen molar-refractivity contribution >= 4 is 17.3 Å². The first-order valence-corrected chi connectivity index (χ1v) is 11.5. The summed E-state index contributed by atoms with van der Waals surface area (Å²) in [4.78, 5) is 33.0. The number of nitrogens with one attached hydrogen (secondary N) is 1. The smallest absolute Gasteiger partial charge is 0.238 e. The maximum absolute atomic E-state index is 12.8. The van der Waals surface area contributed by atoms with Gasteiger partial charge in [0.25, 0.3) is 0 Å². The summed E-state index contributed by atoms with van der Waals surface area (Å²) in [6.45, 7) is 5.42. The van der Waals surface area contributed by atoms with Gasteiger partial charge < -0.3 is 15.1 Å². The van der Waals surface area contributed by atoms with Crippen LogP contribution in [0.3, 0.4) is 0 Å². The zero-order valence-electron chi connectivity index (χ0n) is 19.0. The van der Waals surface area contributed by atoms with Gasteiger partial charge in [0.1, 0.15) is 6.33 Å². The molecule has 9 nitrogen and oxygen atoms in total. The van der Waals surface area contributed by atoms with Crippen LogP contribution in [0.2, 0.25) is 0 Å². The van der Waals surface area contributed by atoms with Gasteiger partial charge in [-0.05, 0) is 50.7 Å². The molecule has 4 heterocycles. The fourth-order valence-corrected chi connectivity index (χ4v) is 4.61. The van der Waals surface area contributed by atoms with Crippen LogP contribution in [0.25, 0.3) is 5.82 Å². The van der Waals surface area contributed by atoms with Gasteiger partial charge in [-0.1, -0.05) is 0 Å². The lowest BCUT2D eigenvalue weighted by molar-refractivity contribution is -0.117. The summed E-state index contributed by atoms with van der Waals surface area (Å²) in [6.07, 6.45) is 10.8. The molecule has 0 saturated carbocycles. The summed E-state index contributed by atoms with van der Waals surface area (Å²) in [6, 6.07) is 8.26. The molecule has 1 N–H and O–H groups in total. The lowest BCUT2D eigenvalue weighted by atomic mass is 10.1. The van der Waals surface area contributed by atoms with E-state index in [0.29, 0.717) is 6.54 Å². The molecule has 3 aromatic rings. The van der Waals surface area contributed by atoms with Crippen molar-refractivity contribution in [3.63, 3.8) is 0 Å². The Morgan fingerprint density at radius 3 is 2.64 bits per heavy atom. The fraction of sp³-hybridized carbons (Fsp3) is 0.417. The number of likely N-dealkylation sites (tertiary alicyclic amines) is 1. The first-order valence-electron chi connectivity index (χ1n) is 11.5. The number of anilines is 2. The Labute approximate surface area is 194 Å². The molecule has 1 atom stereocenters. The van der Waals surface area contributed by atoms with Crippen LogP contribution in [0.1, 0.15) is 24.6 Å². The van der Waals surface area contributed by atoms with Gasteiger partial charge in [0.05, 0.1) is 30.7 Å². The number of hydrogen-bond donors (Lipinski definition) is 1. The molecule has 33 heavy (non-hydrogen) atoms. The molecular formula is C24H30N8O. The molecule has 0 bridgehead atoms. The van der Waals surface area contributed by atoms with Crippen molar-refractivity contribution in [3.05, 3.63) is 61.1 Å². The van der Waals surface area contributed by atoms with E-state index in [4.69, 9.17) is 4.98 Å². The number of aromatic nitrogens is 4. The minimum atomic E-state index is -0.00651. The maximum Gasteiger partial charge on any atom is 0.238 e. The highest BCUT2D eigenvalue weighted by molar-refractivity contribution is 5.92. The quantitative estimate of drug-likeness (QED) is 0.622. The van der Waals surface area contributed by atoms with E-state index in [9.17, 15) is 4.79 Å². The zero-order chi connectivity index (χ0) is 22.6. The molecule has 0 spiro atoms. The molecule has 1 aromatic carbocycles. The monoisotopic (exact) mass is 446 g/mol. The van der Waals surface area contributed by atoms with E-state index in [2.05, 4.69) is 49.2 Å². The van der Waals surface area contributed by atoms with Crippen molar-refractivity contribution in [3.8, 4) is 5.82 Å². The van der Waals surface area contributed by atoms with Crippen LogP contribution in [0.15, 0.2) is 55.4 Å². The van der Waals surface area contributed by atoms with Crippen molar-refractivity contribution in [1.29, 1.82) is 0 Å². The molecule has 1 unspecified atom stereocenters. The van der Waals surface area contributed by atoms with Gasteiger partial charge in [-0.3, -0.25) is 19.2 Å². The first-order chi connectivity index (χ1) is 16.2. The second kappa shape index (κ2) is 9.68. The van der Waals surface area contributed by atoms with E-state index in [1.807, 2.05) is 22.9 Å². The summed E-state index contributed by atoms with van der Waals surface area (Å²) in [7, 11) is 2.16. The number of carbonyl (C=O) groups is 1. The van der Waals surface area contributed by atoms with E-state index < -0.39 is 0 Å². The number of piperazine rings is 1. The van der Waals surface area contributed by atoms with E-state index in [1.165, 1.54) is 5.69 Å². The number of rotatable bonds is 6. The Kier molecular flexibility index (Phi) is 6.32. The minimum Gasteiger partial charge on any atom is -0.369 e. The molecule has 2 saturated heterocycles. The third-order valence-electron chi connectivity index (χ3n) is 6.48. The lowest BCUT2D eigenvalue weighted by Crippen LogP contribution is -2.44. The number of likely N-dealkylation sites (N-methyl/N-ethyl adjacent to an activating group) is 1. The molecule has 2 aliphatic heterocycles. The maximum atomic E-state index is 12.8. The fourth-order valence-electron chi connectivity index (χ4n) is 4.61. The number of amides is 1. The molecule has 5 rings (SSSR count). The molecule has 0 radical (unpaired) electrons. The van der Waals surface area contributed by atoms with Crippen molar-refractivity contribution in [2.45, 2.75) is 18.9 Å².